The topological polar surface area (TPSA) is 32.7 Å². The van der Waals surface area contributed by atoms with E-state index in [-0.39, 0.29) is 17.8 Å². The first-order chi connectivity index (χ1) is 11.2. The molecule has 2 aliphatic heterocycles. The summed E-state index contributed by atoms with van der Waals surface area (Å²) in [6.45, 7) is 5.91. The Morgan fingerprint density at radius 2 is 1.79 bits per heavy atom. The number of piperidine rings is 1. The van der Waals surface area contributed by atoms with Crippen molar-refractivity contribution in [1.82, 2.24) is 4.90 Å². The number of phenols is 1. The zero-order valence-corrected chi connectivity index (χ0v) is 14.8. The SMILES string of the molecule is Cc1c(O)ccc2c1OCC21CCN(Cc2ccccc2)CC1.Cl. The molecule has 0 bridgehead atoms. The molecule has 0 aromatic heterocycles. The molecule has 2 heterocycles. The number of ether oxygens (including phenoxy) is 1. The van der Waals surface area contributed by atoms with Gasteiger partial charge in [0.05, 0.1) is 6.61 Å². The maximum absolute atomic E-state index is 9.89. The van der Waals surface area contributed by atoms with E-state index in [0.29, 0.717) is 5.75 Å². The van der Waals surface area contributed by atoms with Crippen LogP contribution in [0, 0.1) is 6.92 Å². The molecule has 2 aromatic rings. The molecule has 2 aliphatic rings. The number of rotatable bonds is 2. The molecule has 3 nitrogen and oxygen atoms in total. The van der Waals surface area contributed by atoms with Crippen LogP contribution in [0.4, 0.5) is 0 Å². The first-order valence-electron chi connectivity index (χ1n) is 8.40. The van der Waals surface area contributed by atoms with Gasteiger partial charge >= 0.3 is 0 Å². The summed E-state index contributed by atoms with van der Waals surface area (Å²) in [6, 6.07) is 14.6. The summed E-state index contributed by atoms with van der Waals surface area (Å²) >= 11 is 0. The maximum atomic E-state index is 9.89. The highest BCUT2D eigenvalue weighted by atomic mass is 35.5. The third-order valence-electron chi connectivity index (χ3n) is 5.50. The van der Waals surface area contributed by atoms with Crippen LogP contribution in [0.15, 0.2) is 42.5 Å². The molecule has 0 atom stereocenters. The Morgan fingerprint density at radius 3 is 2.50 bits per heavy atom. The van der Waals surface area contributed by atoms with Crippen LogP contribution in [0.3, 0.4) is 0 Å². The van der Waals surface area contributed by atoms with Crippen LogP contribution >= 0.6 is 12.4 Å². The van der Waals surface area contributed by atoms with Gasteiger partial charge in [-0.3, -0.25) is 4.90 Å². The van der Waals surface area contributed by atoms with E-state index in [4.69, 9.17) is 4.74 Å². The number of fused-ring (bicyclic) bond motifs is 2. The first kappa shape index (κ1) is 17.1. The number of halogens is 1. The van der Waals surface area contributed by atoms with Gasteiger partial charge in [0.1, 0.15) is 11.5 Å². The van der Waals surface area contributed by atoms with Crippen molar-refractivity contribution in [3.63, 3.8) is 0 Å². The van der Waals surface area contributed by atoms with E-state index in [1.165, 1.54) is 11.1 Å². The number of hydrogen-bond donors (Lipinski definition) is 1. The summed E-state index contributed by atoms with van der Waals surface area (Å²) in [5.41, 5.74) is 3.70. The van der Waals surface area contributed by atoms with E-state index in [1.54, 1.807) is 0 Å². The summed E-state index contributed by atoms with van der Waals surface area (Å²) in [4.78, 5) is 2.53. The predicted molar refractivity (Wildman–Crippen MR) is 98.2 cm³/mol. The van der Waals surface area contributed by atoms with Crippen LogP contribution in [0.25, 0.3) is 0 Å². The van der Waals surface area contributed by atoms with Crippen molar-refractivity contribution in [2.24, 2.45) is 0 Å². The minimum atomic E-state index is 0. The van der Waals surface area contributed by atoms with Gasteiger partial charge in [-0.2, -0.15) is 0 Å². The third-order valence-corrected chi connectivity index (χ3v) is 5.50. The van der Waals surface area contributed by atoms with E-state index < -0.39 is 0 Å². The van der Waals surface area contributed by atoms with Crippen molar-refractivity contribution in [2.75, 3.05) is 19.7 Å². The standard InChI is InChI=1S/C20H23NO2.ClH/c1-15-18(22)8-7-17-19(15)23-14-20(17)9-11-21(12-10-20)13-16-5-3-2-4-6-16;/h2-8,22H,9-14H2,1H3;1H. The Morgan fingerprint density at radius 1 is 1.08 bits per heavy atom. The number of hydrogen-bond acceptors (Lipinski definition) is 3. The van der Waals surface area contributed by atoms with Crippen LogP contribution in [0.5, 0.6) is 11.5 Å². The molecule has 24 heavy (non-hydrogen) atoms. The molecule has 128 valence electrons. The number of aromatic hydroxyl groups is 1. The maximum Gasteiger partial charge on any atom is 0.129 e. The quantitative estimate of drug-likeness (QED) is 0.891. The lowest BCUT2D eigenvalue weighted by Crippen LogP contribution is -2.43. The second-order valence-electron chi connectivity index (χ2n) is 6.92. The molecule has 0 amide bonds. The van der Waals surface area contributed by atoms with Gasteiger partial charge in [-0.15, -0.1) is 12.4 Å². The molecular formula is C20H24ClNO2. The van der Waals surface area contributed by atoms with Gasteiger partial charge < -0.3 is 9.84 Å². The zero-order valence-electron chi connectivity index (χ0n) is 14.0. The Kier molecular flexibility index (Phi) is 4.75. The van der Waals surface area contributed by atoms with Crippen LogP contribution in [-0.2, 0) is 12.0 Å². The molecule has 4 heteroatoms. The average Bonchev–Trinajstić information content (AvgIpc) is 2.93. The fraction of sp³-hybridized carbons (Fsp3) is 0.400. The van der Waals surface area contributed by atoms with E-state index in [1.807, 2.05) is 13.0 Å². The van der Waals surface area contributed by atoms with Crippen molar-refractivity contribution < 1.29 is 9.84 Å². The highest BCUT2D eigenvalue weighted by molar-refractivity contribution is 5.85. The highest BCUT2D eigenvalue weighted by Gasteiger charge is 2.43. The normalized spacial score (nSPS) is 18.7. The molecular weight excluding hydrogens is 322 g/mol. The largest absolute Gasteiger partial charge is 0.508 e. The van der Waals surface area contributed by atoms with Crippen molar-refractivity contribution in [3.8, 4) is 11.5 Å². The minimum absolute atomic E-state index is 0. The lowest BCUT2D eigenvalue weighted by molar-refractivity contribution is 0.130. The fourth-order valence-electron chi connectivity index (χ4n) is 3.97. The summed E-state index contributed by atoms with van der Waals surface area (Å²) in [7, 11) is 0. The van der Waals surface area contributed by atoms with Gasteiger partial charge in [0.15, 0.2) is 0 Å². The summed E-state index contributed by atoms with van der Waals surface area (Å²) in [5.74, 6) is 1.25. The second-order valence-corrected chi connectivity index (χ2v) is 6.92. The Hall–Kier alpha value is -1.71. The second kappa shape index (κ2) is 6.66. The van der Waals surface area contributed by atoms with Crippen LogP contribution < -0.4 is 4.74 Å². The molecule has 1 fully saturated rings. The molecule has 1 saturated heterocycles. The molecule has 0 radical (unpaired) electrons. The van der Waals surface area contributed by atoms with E-state index in [9.17, 15) is 5.11 Å². The van der Waals surface area contributed by atoms with Gasteiger partial charge in [0.2, 0.25) is 0 Å². The summed E-state index contributed by atoms with van der Waals surface area (Å²) in [5, 5.41) is 9.89. The molecule has 1 N–H and O–H groups in total. The summed E-state index contributed by atoms with van der Waals surface area (Å²) in [6.07, 6.45) is 2.24. The monoisotopic (exact) mass is 345 g/mol. The van der Waals surface area contributed by atoms with E-state index >= 15 is 0 Å². The number of benzene rings is 2. The minimum Gasteiger partial charge on any atom is -0.508 e. The van der Waals surface area contributed by atoms with Gasteiger partial charge in [-0.1, -0.05) is 36.4 Å². The van der Waals surface area contributed by atoms with Crippen molar-refractivity contribution in [3.05, 3.63) is 59.2 Å². The smallest absolute Gasteiger partial charge is 0.129 e. The zero-order chi connectivity index (χ0) is 15.9. The fourth-order valence-corrected chi connectivity index (χ4v) is 3.97. The number of phenolic OH excluding ortho intramolecular Hbond substituents is 1. The highest BCUT2D eigenvalue weighted by Crippen LogP contribution is 2.48. The van der Waals surface area contributed by atoms with Gasteiger partial charge in [-0.25, -0.2) is 0 Å². The van der Waals surface area contributed by atoms with E-state index in [2.05, 4.69) is 41.3 Å². The lowest BCUT2D eigenvalue weighted by Gasteiger charge is -2.38. The average molecular weight is 346 g/mol. The van der Waals surface area contributed by atoms with Crippen molar-refractivity contribution in [2.45, 2.75) is 31.7 Å². The van der Waals surface area contributed by atoms with Crippen LogP contribution in [0.1, 0.15) is 29.5 Å². The van der Waals surface area contributed by atoms with Crippen LogP contribution in [-0.4, -0.2) is 29.7 Å². The number of likely N-dealkylation sites (tertiary alicyclic amines) is 1. The molecule has 0 unspecified atom stereocenters. The van der Waals surface area contributed by atoms with E-state index in [0.717, 1.165) is 50.4 Å². The van der Waals surface area contributed by atoms with Gasteiger partial charge in [-0.05, 0) is 44.5 Å². The van der Waals surface area contributed by atoms with Crippen molar-refractivity contribution >= 4 is 12.4 Å². The molecule has 2 aromatic carbocycles. The molecule has 4 rings (SSSR count). The Bertz CT molecular complexity index is 709. The molecule has 0 aliphatic carbocycles. The first-order valence-corrected chi connectivity index (χ1v) is 8.40. The third kappa shape index (κ3) is 2.87. The van der Waals surface area contributed by atoms with Gasteiger partial charge in [0, 0.05) is 23.1 Å². The predicted octanol–water partition coefficient (Wildman–Crippen LogP) is 4.05. The van der Waals surface area contributed by atoms with Gasteiger partial charge in [0.25, 0.3) is 0 Å². The molecule has 0 saturated carbocycles. The van der Waals surface area contributed by atoms with Crippen molar-refractivity contribution in [1.29, 1.82) is 0 Å². The summed E-state index contributed by atoms with van der Waals surface area (Å²) < 4.78 is 5.98. The van der Waals surface area contributed by atoms with Crippen LogP contribution in [0.2, 0.25) is 0 Å². The lowest BCUT2D eigenvalue weighted by atomic mass is 9.74. The molecule has 1 spiro atoms. The number of nitrogens with zero attached hydrogens (tertiary/aromatic N) is 1. The Labute approximate surface area is 149 Å². The Balaban J connectivity index is 0.00000169.